The zero-order valence-corrected chi connectivity index (χ0v) is 20.4. The molecule has 1 unspecified atom stereocenters. The first-order valence-corrected chi connectivity index (χ1v) is 12.2. The Hall–Kier alpha value is -2.12. The number of amides is 1. The monoisotopic (exact) mass is 442 g/mol. The number of likely N-dealkylation sites (tertiary alicyclic amines) is 1. The summed E-state index contributed by atoms with van der Waals surface area (Å²) < 4.78 is 0. The van der Waals surface area contributed by atoms with Crippen LogP contribution in [0.5, 0.6) is 0 Å². The number of aliphatic imine (C=N–C) groups is 1. The molecule has 0 saturated carbocycles. The highest BCUT2D eigenvalue weighted by Crippen LogP contribution is 2.17. The van der Waals surface area contributed by atoms with E-state index in [0.29, 0.717) is 13.1 Å². The van der Waals surface area contributed by atoms with Crippen molar-refractivity contribution in [2.24, 2.45) is 4.99 Å². The second kappa shape index (κ2) is 11.7. The van der Waals surface area contributed by atoms with Gasteiger partial charge >= 0.3 is 0 Å². The van der Waals surface area contributed by atoms with Crippen molar-refractivity contribution in [2.75, 3.05) is 58.9 Å². The molecule has 0 bridgehead atoms. The van der Waals surface area contributed by atoms with E-state index >= 15 is 0 Å². The molecular formula is C25H42N6O. The van der Waals surface area contributed by atoms with Gasteiger partial charge in [0, 0.05) is 57.4 Å². The summed E-state index contributed by atoms with van der Waals surface area (Å²) >= 11 is 0. The highest BCUT2D eigenvalue weighted by molar-refractivity contribution is 5.80. The summed E-state index contributed by atoms with van der Waals surface area (Å²) in [7, 11) is 0. The van der Waals surface area contributed by atoms with E-state index in [-0.39, 0.29) is 17.5 Å². The first-order chi connectivity index (χ1) is 15.4. The van der Waals surface area contributed by atoms with Crippen LogP contribution in [0, 0.1) is 0 Å². The average Bonchev–Trinajstić information content (AvgIpc) is 3.33. The molecule has 1 atom stereocenters. The van der Waals surface area contributed by atoms with Gasteiger partial charge in [0.2, 0.25) is 5.91 Å². The topological polar surface area (TPSA) is 63.2 Å². The first kappa shape index (κ1) is 24.5. The number of benzene rings is 1. The summed E-state index contributed by atoms with van der Waals surface area (Å²) in [6, 6.07) is 10.8. The fraction of sp³-hybridized carbons (Fsp3) is 0.680. The van der Waals surface area contributed by atoms with Crippen molar-refractivity contribution < 1.29 is 4.79 Å². The van der Waals surface area contributed by atoms with Gasteiger partial charge in [0.05, 0.1) is 13.1 Å². The second-order valence-electron chi connectivity index (χ2n) is 9.68. The molecule has 2 fully saturated rings. The van der Waals surface area contributed by atoms with E-state index < -0.39 is 0 Å². The third-order valence-electron chi connectivity index (χ3n) is 6.36. The van der Waals surface area contributed by atoms with E-state index in [1.807, 2.05) is 4.90 Å². The van der Waals surface area contributed by atoms with Crippen LogP contribution >= 0.6 is 0 Å². The lowest BCUT2D eigenvalue weighted by Gasteiger charge is -2.37. The van der Waals surface area contributed by atoms with Crippen LogP contribution in [0.15, 0.2) is 35.3 Å². The van der Waals surface area contributed by atoms with E-state index in [9.17, 15) is 4.79 Å². The number of nitrogens with zero attached hydrogens (tertiary/aromatic N) is 4. The van der Waals surface area contributed by atoms with Crippen LogP contribution in [-0.2, 0) is 4.79 Å². The van der Waals surface area contributed by atoms with Gasteiger partial charge in [-0.3, -0.25) is 14.7 Å². The van der Waals surface area contributed by atoms with Crippen LogP contribution in [0.25, 0.3) is 0 Å². The number of piperazine rings is 1. The lowest BCUT2D eigenvalue weighted by atomic mass is 10.0. The number of hydrogen-bond acceptors (Lipinski definition) is 4. The van der Waals surface area contributed by atoms with Crippen LogP contribution in [-0.4, -0.2) is 91.0 Å². The minimum atomic E-state index is -0.125. The molecule has 7 heteroatoms. The molecule has 0 aliphatic carbocycles. The zero-order chi connectivity index (χ0) is 23.0. The van der Waals surface area contributed by atoms with Crippen LogP contribution in [0.4, 0.5) is 0 Å². The highest BCUT2D eigenvalue weighted by Gasteiger charge is 2.26. The van der Waals surface area contributed by atoms with E-state index in [4.69, 9.17) is 4.99 Å². The fourth-order valence-corrected chi connectivity index (χ4v) is 4.53. The predicted octanol–water partition coefficient (Wildman–Crippen LogP) is 2.32. The van der Waals surface area contributed by atoms with Gasteiger partial charge in [-0.1, -0.05) is 30.3 Å². The Bertz CT molecular complexity index is 736. The molecule has 0 radical (unpaired) electrons. The lowest BCUT2D eigenvalue weighted by molar-refractivity contribution is -0.131. The van der Waals surface area contributed by atoms with Gasteiger partial charge in [0.15, 0.2) is 5.96 Å². The minimum Gasteiger partial charge on any atom is -0.357 e. The predicted molar refractivity (Wildman–Crippen MR) is 132 cm³/mol. The van der Waals surface area contributed by atoms with Gasteiger partial charge < -0.3 is 20.4 Å². The Morgan fingerprint density at radius 3 is 2.31 bits per heavy atom. The van der Waals surface area contributed by atoms with Crippen molar-refractivity contribution in [1.29, 1.82) is 0 Å². The SMILES string of the molecule is CCNC(=NCC(C)(C)NC(C)c1ccccc1)N1CCN(CC(=O)N2CCCC2)CC1. The maximum Gasteiger partial charge on any atom is 0.236 e. The molecule has 2 saturated heterocycles. The molecule has 7 nitrogen and oxygen atoms in total. The molecule has 0 spiro atoms. The van der Waals surface area contributed by atoms with E-state index in [2.05, 4.69) is 78.5 Å². The molecule has 2 aliphatic heterocycles. The van der Waals surface area contributed by atoms with Crippen LogP contribution in [0.1, 0.15) is 52.1 Å². The van der Waals surface area contributed by atoms with Crippen LogP contribution in [0.2, 0.25) is 0 Å². The summed E-state index contributed by atoms with van der Waals surface area (Å²) in [5, 5.41) is 7.19. The Kier molecular flexibility index (Phi) is 8.93. The number of carbonyl (C=O) groups excluding carboxylic acids is 1. The maximum atomic E-state index is 12.5. The number of nitrogens with one attached hydrogen (secondary N) is 2. The van der Waals surface area contributed by atoms with Crippen molar-refractivity contribution in [2.45, 2.75) is 52.1 Å². The summed E-state index contributed by atoms with van der Waals surface area (Å²) in [6.45, 7) is 16.3. The van der Waals surface area contributed by atoms with E-state index in [0.717, 1.165) is 64.6 Å². The molecule has 1 amide bonds. The molecule has 0 aromatic heterocycles. The highest BCUT2D eigenvalue weighted by atomic mass is 16.2. The van der Waals surface area contributed by atoms with Crippen molar-refractivity contribution in [3.8, 4) is 0 Å². The van der Waals surface area contributed by atoms with Gasteiger partial charge in [-0.2, -0.15) is 0 Å². The van der Waals surface area contributed by atoms with Crippen molar-refractivity contribution >= 4 is 11.9 Å². The van der Waals surface area contributed by atoms with Gasteiger partial charge in [-0.25, -0.2) is 0 Å². The third kappa shape index (κ3) is 7.20. The summed E-state index contributed by atoms with van der Waals surface area (Å²) in [5.74, 6) is 1.26. The van der Waals surface area contributed by atoms with Crippen molar-refractivity contribution in [3.63, 3.8) is 0 Å². The molecule has 2 aliphatic rings. The number of rotatable bonds is 8. The van der Waals surface area contributed by atoms with Gasteiger partial charge in [0.1, 0.15) is 0 Å². The summed E-state index contributed by atoms with van der Waals surface area (Å²) in [4.78, 5) is 24.1. The largest absolute Gasteiger partial charge is 0.357 e. The number of hydrogen-bond donors (Lipinski definition) is 2. The first-order valence-electron chi connectivity index (χ1n) is 12.2. The molecular weight excluding hydrogens is 400 g/mol. The Labute approximate surface area is 194 Å². The van der Waals surface area contributed by atoms with Crippen LogP contribution in [0.3, 0.4) is 0 Å². The molecule has 2 heterocycles. The second-order valence-corrected chi connectivity index (χ2v) is 9.68. The van der Waals surface area contributed by atoms with Gasteiger partial charge in [-0.15, -0.1) is 0 Å². The van der Waals surface area contributed by atoms with Gasteiger partial charge in [0.25, 0.3) is 0 Å². The Morgan fingerprint density at radius 2 is 1.69 bits per heavy atom. The van der Waals surface area contributed by atoms with E-state index in [1.54, 1.807) is 0 Å². The van der Waals surface area contributed by atoms with Crippen molar-refractivity contribution in [3.05, 3.63) is 35.9 Å². The minimum absolute atomic E-state index is 0.125. The molecule has 1 aromatic carbocycles. The third-order valence-corrected chi connectivity index (χ3v) is 6.36. The average molecular weight is 443 g/mol. The molecule has 32 heavy (non-hydrogen) atoms. The Balaban J connectivity index is 1.51. The molecule has 178 valence electrons. The molecule has 3 rings (SSSR count). The van der Waals surface area contributed by atoms with Gasteiger partial charge in [-0.05, 0) is 46.1 Å². The zero-order valence-electron chi connectivity index (χ0n) is 20.4. The number of carbonyl (C=O) groups is 1. The summed E-state index contributed by atoms with van der Waals surface area (Å²) in [5.41, 5.74) is 1.16. The van der Waals surface area contributed by atoms with Crippen LogP contribution < -0.4 is 10.6 Å². The standard InChI is InChI=1S/C25H42N6O/c1-5-26-24(27-20-25(3,4)28-21(2)22-11-7-6-8-12-22)31-17-15-29(16-18-31)19-23(32)30-13-9-10-14-30/h6-8,11-12,21,28H,5,9-10,13-20H2,1-4H3,(H,26,27). The van der Waals surface area contributed by atoms with E-state index in [1.165, 1.54) is 5.56 Å². The number of guanidine groups is 1. The van der Waals surface area contributed by atoms with Crippen molar-refractivity contribution in [1.82, 2.24) is 25.3 Å². The molecule has 2 N–H and O–H groups in total. The molecule has 1 aromatic rings. The normalized spacial score (nSPS) is 19.3. The maximum absolute atomic E-state index is 12.5. The lowest BCUT2D eigenvalue weighted by Crippen LogP contribution is -2.54. The Morgan fingerprint density at radius 1 is 1.03 bits per heavy atom. The summed E-state index contributed by atoms with van der Waals surface area (Å²) in [6.07, 6.45) is 2.30. The smallest absolute Gasteiger partial charge is 0.236 e. The fourth-order valence-electron chi connectivity index (χ4n) is 4.53. The quantitative estimate of drug-likeness (QED) is 0.478.